The van der Waals surface area contributed by atoms with E-state index in [1.54, 1.807) is 12.3 Å². The van der Waals surface area contributed by atoms with E-state index in [0.29, 0.717) is 17.9 Å². The number of rotatable bonds is 4. The molecule has 102 valence electrons. The third-order valence-electron chi connectivity index (χ3n) is 2.81. The summed E-state index contributed by atoms with van der Waals surface area (Å²) in [6, 6.07) is 4.65. The fourth-order valence-electron chi connectivity index (χ4n) is 1.67. The van der Waals surface area contributed by atoms with Crippen LogP contribution in [0.25, 0.3) is 0 Å². The molecule has 1 aromatic carbocycles. The van der Waals surface area contributed by atoms with Gasteiger partial charge in [0.25, 0.3) is 0 Å². The molecule has 0 saturated carbocycles. The average Bonchev–Trinajstić information content (AvgIpc) is 2.72. The summed E-state index contributed by atoms with van der Waals surface area (Å²) in [7, 11) is -1.33. The number of sulfone groups is 1. The molecule has 2 aromatic rings. The first-order valence-corrected chi connectivity index (χ1v) is 7.57. The molecular weight excluding hydrogens is 264 g/mol. The van der Waals surface area contributed by atoms with Crippen LogP contribution in [0.4, 0.5) is 11.4 Å². The number of anilines is 2. The molecule has 0 aliphatic heterocycles. The van der Waals surface area contributed by atoms with Crippen molar-refractivity contribution in [3.63, 3.8) is 0 Å². The highest BCUT2D eigenvalue weighted by Crippen LogP contribution is 2.22. The van der Waals surface area contributed by atoms with Crippen LogP contribution in [0, 0.1) is 0 Å². The molecule has 0 aliphatic carbocycles. The number of nitrogens with zero attached hydrogens (tertiary/aromatic N) is 2. The van der Waals surface area contributed by atoms with Crippen molar-refractivity contribution in [1.29, 1.82) is 0 Å². The summed E-state index contributed by atoms with van der Waals surface area (Å²) in [6.07, 6.45) is 4.73. The molecule has 2 rings (SSSR count). The Balaban J connectivity index is 2.16. The van der Waals surface area contributed by atoms with Crippen LogP contribution < -0.4 is 11.1 Å². The largest absolute Gasteiger partial charge is 0.397 e. The van der Waals surface area contributed by atoms with Crippen LogP contribution >= 0.6 is 0 Å². The molecule has 7 heteroatoms. The van der Waals surface area contributed by atoms with E-state index in [1.807, 2.05) is 17.8 Å². The first-order chi connectivity index (χ1) is 8.88. The molecular formula is C12H16N4O2S. The number of benzene rings is 1. The van der Waals surface area contributed by atoms with Gasteiger partial charge < -0.3 is 15.6 Å². The Bertz CT molecular complexity index is 692. The van der Waals surface area contributed by atoms with E-state index in [9.17, 15) is 8.42 Å². The molecule has 0 fully saturated rings. The van der Waals surface area contributed by atoms with Gasteiger partial charge in [-0.15, -0.1) is 0 Å². The molecule has 1 heterocycles. The molecule has 19 heavy (non-hydrogen) atoms. The smallest absolute Gasteiger partial charge is 0.175 e. The molecule has 0 aliphatic rings. The van der Waals surface area contributed by atoms with Gasteiger partial charge in [0.2, 0.25) is 0 Å². The predicted molar refractivity (Wildman–Crippen MR) is 74.5 cm³/mol. The Labute approximate surface area is 112 Å². The second kappa shape index (κ2) is 4.93. The van der Waals surface area contributed by atoms with Gasteiger partial charge in [0.1, 0.15) is 5.82 Å². The summed E-state index contributed by atoms with van der Waals surface area (Å²) in [5.41, 5.74) is 6.93. The zero-order valence-corrected chi connectivity index (χ0v) is 11.6. The van der Waals surface area contributed by atoms with E-state index < -0.39 is 9.84 Å². The van der Waals surface area contributed by atoms with Crippen LogP contribution in [0.15, 0.2) is 35.5 Å². The van der Waals surface area contributed by atoms with E-state index in [-0.39, 0.29) is 4.90 Å². The number of aromatic nitrogens is 2. The number of nitrogens with one attached hydrogen (secondary N) is 1. The SMILES string of the molecule is Cn1ccnc1CNc1ccc(S(C)(=O)=O)cc1N. The first kappa shape index (κ1) is 13.4. The second-order valence-electron chi connectivity index (χ2n) is 4.33. The zero-order valence-electron chi connectivity index (χ0n) is 10.8. The highest BCUT2D eigenvalue weighted by Gasteiger charge is 2.09. The normalized spacial score (nSPS) is 11.5. The van der Waals surface area contributed by atoms with Gasteiger partial charge >= 0.3 is 0 Å². The van der Waals surface area contributed by atoms with Gasteiger partial charge in [-0.3, -0.25) is 0 Å². The minimum atomic E-state index is -3.23. The van der Waals surface area contributed by atoms with E-state index >= 15 is 0 Å². The van der Waals surface area contributed by atoms with Gasteiger partial charge in [-0.1, -0.05) is 0 Å². The maximum atomic E-state index is 11.4. The monoisotopic (exact) mass is 280 g/mol. The Kier molecular flexibility index (Phi) is 3.48. The van der Waals surface area contributed by atoms with Crippen LogP contribution in [0.1, 0.15) is 5.82 Å². The molecule has 0 radical (unpaired) electrons. The third-order valence-corrected chi connectivity index (χ3v) is 3.92. The average molecular weight is 280 g/mol. The van der Waals surface area contributed by atoms with E-state index in [2.05, 4.69) is 10.3 Å². The van der Waals surface area contributed by atoms with E-state index in [0.717, 1.165) is 12.1 Å². The lowest BCUT2D eigenvalue weighted by Crippen LogP contribution is -2.08. The molecule has 3 N–H and O–H groups in total. The summed E-state index contributed by atoms with van der Waals surface area (Å²) in [5, 5.41) is 3.13. The number of hydrogen-bond donors (Lipinski definition) is 2. The third kappa shape index (κ3) is 3.05. The van der Waals surface area contributed by atoms with Gasteiger partial charge in [0, 0.05) is 25.7 Å². The first-order valence-electron chi connectivity index (χ1n) is 5.67. The van der Waals surface area contributed by atoms with Crippen LogP contribution in [0.5, 0.6) is 0 Å². The molecule has 0 saturated heterocycles. The van der Waals surface area contributed by atoms with Crippen molar-refractivity contribution in [3.8, 4) is 0 Å². The van der Waals surface area contributed by atoms with Gasteiger partial charge in [0.15, 0.2) is 9.84 Å². The van der Waals surface area contributed by atoms with Crippen molar-refractivity contribution in [2.75, 3.05) is 17.3 Å². The highest BCUT2D eigenvalue weighted by atomic mass is 32.2. The van der Waals surface area contributed by atoms with Crippen molar-refractivity contribution < 1.29 is 8.42 Å². The molecule has 0 bridgehead atoms. The fraction of sp³-hybridized carbons (Fsp3) is 0.250. The van der Waals surface area contributed by atoms with Gasteiger partial charge in [-0.2, -0.15) is 0 Å². The zero-order chi connectivity index (χ0) is 14.0. The molecule has 0 spiro atoms. The standard InChI is InChI=1S/C12H16N4O2S/c1-16-6-5-14-12(16)8-15-11-4-3-9(7-10(11)13)19(2,17)18/h3-7,15H,8,13H2,1-2H3. The fourth-order valence-corrected chi connectivity index (χ4v) is 2.33. The van der Waals surface area contributed by atoms with Crippen molar-refractivity contribution in [2.45, 2.75) is 11.4 Å². The molecule has 0 unspecified atom stereocenters. The number of aryl methyl sites for hydroxylation is 1. The van der Waals surface area contributed by atoms with Crippen molar-refractivity contribution >= 4 is 21.2 Å². The van der Waals surface area contributed by atoms with Crippen LogP contribution in [-0.2, 0) is 23.4 Å². The minimum absolute atomic E-state index is 0.215. The summed E-state index contributed by atoms with van der Waals surface area (Å²) in [4.78, 5) is 4.40. The Morgan fingerprint density at radius 3 is 2.68 bits per heavy atom. The van der Waals surface area contributed by atoms with Crippen molar-refractivity contribution in [2.24, 2.45) is 7.05 Å². The number of imidazole rings is 1. The summed E-state index contributed by atoms with van der Waals surface area (Å²) >= 11 is 0. The predicted octanol–water partition coefficient (Wildman–Crippen LogP) is 1.02. The van der Waals surface area contributed by atoms with Crippen LogP contribution in [-0.4, -0.2) is 24.2 Å². The number of nitrogens with two attached hydrogens (primary N) is 1. The topological polar surface area (TPSA) is 90.0 Å². The van der Waals surface area contributed by atoms with Gasteiger partial charge in [-0.05, 0) is 18.2 Å². The van der Waals surface area contributed by atoms with Crippen molar-refractivity contribution in [1.82, 2.24) is 9.55 Å². The molecule has 0 amide bonds. The Morgan fingerprint density at radius 1 is 1.42 bits per heavy atom. The summed E-state index contributed by atoms with van der Waals surface area (Å²) in [5.74, 6) is 0.867. The Hall–Kier alpha value is -2.02. The maximum absolute atomic E-state index is 11.4. The van der Waals surface area contributed by atoms with Gasteiger partial charge in [-0.25, -0.2) is 13.4 Å². The van der Waals surface area contributed by atoms with Crippen LogP contribution in [0.3, 0.4) is 0 Å². The summed E-state index contributed by atoms with van der Waals surface area (Å²) < 4.78 is 24.7. The lowest BCUT2D eigenvalue weighted by Gasteiger charge is -2.10. The molecule has 6 nitrogen and oxygen atoms in total. The number of hydrogen-bond acceptors (Lipinski definition) is 5. The van der Waals surface area contributed by atoms with Gasteiger partial charge in [0.05, 0.1) is 22.8 Å². The van der Waals surface area contributed by atoms with E-state index in [1.165, 1.54) is 12.1 Å². The maximum Gasteiger partial charge on any atom is 0.175 e. The minimum Gasteiger partial charge on any atom is -0.397 e. The highest BCUT2D eigenvalue weighted by molar-refractivity contribution is 7.90. The quantitative estimate of drug-likeness (QED) is 0.816. The molecule has 0 atom stereocenters. The number of nitrogen functional groups attached to an aromatic ring is 1. The second-order valence-corrected chi connectivity index (χ2v) is 6.34. The Morgan fingerprint density at radius 2 is 2.16 bits per heavy atom. The lowest BCUT2D eigenvalue weighted by molar-refractivity contribution is 0.602. The van der Waals surface area contributed by atoms with Crippen molar-refractivity contribution in [3.05, 3.63) is 36.4 Å². The van der Waals surface area contributed by atoms with E-state index in [4.69, 9.17) is 5.73 Å². The van der Waals surface area contributed by atoms with Crippen LogP contribution in [0.2, 0.25) is 0 Å². The summed E-state index contributed by atoms with van der Waals surface area (Å²) in [6.45, 7) is 0.520. The molecule has 1 aromatic heterocycles. The lowest BCUT2D eigenvalue weighted by atomic mass is 10.2.